The zero-order chi connectivity index (χ0) is 13.8. The van der Waals surface area contributed by atoms with Crippen LogP contribution in [-0.4, -0.2) is 16.8 Å². The SMILES string of the molecule is CCC(O)c1ccn(Cc2cccc(OC)c2F)c1. The van der Waals surface area contributed by atoms with Gasteiger partial charge in [0.15, 0.2) is 11.6 Å². The Morgan fingerprint density at radius 3 is 2.84 bits per heavy atom. The summed E-state index contributed by atoms with van der Waals surface area (Å²) in [5, 5.41) is 9.74. The van der Waals surface area contributed by atoms with Crippen molar-refractivity contribution >= 4 is 0 Å². The Morgan fingerprint density at radius 2 is 2.16 bits per heavy atom. The zero-order valence-corrected chi connectivity index (χ0v) is 11.1. The van der Waals surface area contributed by atoms with Crippen LogP contribution in [0.5, 0.6) is 5.75 Å². The first-order valence-corrected chi connectivity index (χ1v) is 6.30. The van der Waals surface area contributed by atoms with E-state index in [4.69, 9.17) is 4.74 Å². The van der Waals surface area contributed by atoms with Crippen molar-refractivity contribution in [1.82, 2.24) is 4.57 Å². The largest absolute Gasteiger partial charge is 0.494 e. The average molecular weight is 263 g/mol. The number of methoxy groups -OCH3 is 1. The molecule has 1 aromatic heterocycles. The predicted molar refractivity (Wildman–Crippen MR) is 71.7 cm³/mol. The van der Waals surface area contributed by atoms with E-state index < -0.39 is 6.10 Å². The number of aliphatic hydroxyl groups excluding tert-OH is 1. The number of halogens is 1. The van der Waals surface area contributed by atoms with Gasteiger partial charge in [-0.3, -0.25) is 0 Å². The van der Waals surface area contributed by atoms with E-state index in [0.717, 1.165) is 5.56 Å². The van der Waals surface area contributed by atoms with Crippen LogP contribution < -0.4 is 4.74 Å². The highest BCUT2D eigenvalue weighted by Crippen LogP contribution is 2.22. The number of nitrogens with zero attached hydrogens (tertiary/aromatic N) is 1. The fourth-order valence-electron chi connectivity index (χ4n) is 2.02. The molecule has 0 aliphatic rings. The van der Waals surface area contributed by atoms with E-state index >= 15 is 0 Å². The van der Waals surface area contributed by atoms with Gasteiger partial charge in [0.1, 0.15) is 0 Å². The number of aromatic nitrogens is 1. The van der Waals surface area contributed by atoms with Crippen LogP contribution >= 0.6 is 0 Å². The van der Waals surface area contributed by atoms with Crippen molar-refractivity contribution in [3.8, 4) is 5.75 Å². The number of aliphatic hydroxyl groups is 1. The third kappa shape index (κ3) is 2.96. The molecule has 102 valence electrons. The van der Waals surface area contributed by atoms with Crippen LogP contribution in [0, 0.1) is 5.82 Å². The summed E-state index contributed by atoms with van der Waals surface area (Å²) >= 11 is 0. The van der Waals surface area contributed by atoms with Gasteiger partial charge < -0.3 is 14.4 Å². The van der Waals surface area contributed by atoms with Gasteiger partial charge in [0.05, 0.1) is 19.8 Å². The van der Waals surface area contributed by atoms with Gasteiger partial charge in [0.2, 0.25) is 0 Å². The van der Waals surface area contributed by atoms with Crippen LogP contribution in [0.25, 0.3) is 0 Å². The summed E-state index contributed by atoms with van der Waals surface area (Å²) in [7, 11) is 1.45. The molecule has 1 atom stereocenters. The molecule has 1 N–H and O–H groups in total. The molecule has 0 aliphatic heterocycles. The highest BCUT2D eigenvalue weighted by molar-refractivity contribution is 5.31. The number of hydrogen-bond donors (Lipinski definition) is 1. The van der Waals surface area contributed by atoms with E-state index in [1.165, 1.54) is 7.11 Å². The fourth-order valence-corrected chi connectivity index (χ4v) is 2.02. The number of rotatable bonds is 5. The predicted octanol–water partition coefficient (Wildman–Crippen LogP) is 3.13. The molecule has 1 heterocycles. The Labute approximate surface area is 112 Å². The molecular weight excluding hydrogens is 245 g/mol. The molecule has 0 amide bonds. The lowest BCUT2D eigenvalue weighted by Crippen LogP contribution is -2.01. The number of ether oxygens (including phenoxy) is 1. The lowest BCUT2D eigenvalue weighted by Gasteiger charge is -2.08. The monoisotopic (exact) mass is 263 g/mol. The molecule has 0 radical (unpaired) electrons. The van der Waals surface area contributed by atoms with E-state index in [9.17, 15) is 9.50 Å². The molecule has 1 aromatic carbocycles. The number of hydrogen-bond acceptors (Lipinski definition) is 2. The van der Waals surface area contributed by atoms with Crippen LogP contribution in [0.2, 0.25) is 0 Å². The molecule has 2 aromatic rings. The van der Waals surface area contributed by atoms with Crippen molar-refractivity contribution in [3.63, 3.8) is 0 Å². The average Bonchev–Trinajstić information content (AvgIpc) is 2.89. The van der Waals surface area contributed by atoms with Gasteiger partial charge in [-0.1, -0.05) is 19.1 Å². The Kier molecular flexibility index (Phi) is 4.22. The molecule has 0 fully saturated rings. The van der Waals surface area contributed by atoms with E-state index in [1.807, 2.05) is 30.0 Å². The Hall–Kier alpha value is -1.81. The molecule has 3 nitrogen and oxygen atoms in total. The molecule has 1 unspecified atom stereocenters. The lowest BCUT2D eigenvalue weighted by molar-refractivity contribution is 0.173. The summed E-state index contributed by atoms with van der Waals surface area (Å²) in [5.41, 5.74) is 1.42. The van der Waals surface area contributed by atoms with Crippen molar-refractivity contribution < 1.29 is 14.2 Å². The minimum Gasteiger partial charge on any atom is -0.494 e. The second kappa shape index (κ2) is 5.89. The fraction of sp³-hybridized carbons (Fsp3) is 0.333. The quantitative estimate of drug-likeness (QED) is 0.899. The van der Waals surface area contributed by atoms with Gasteiger partial charge in [-0.05, 0) is 24.1 Å². The van der Waals surface area contributed by atoms with Crippen LogP contribution in [-0.2, 0) is 6.54 Å². The summed E-state index contributed by atoms with van der Waals surface area (Å²) in [6.45, 7) is 2.34. The first-order valence-electron chi connectivity index (χ1n) is 6.30. The van der Waals surface area contributed by atoms with Gasteiger partial charge in [-0.2, -0.15) is 0 Å². The molecule has 4 heteroatoms. The third-order valence-corrected chi connectivity index (χ3v) is 3.16. The van der Waals surface area contributed by atoms with Gasteiger partial charge in [0.25, 0.3) is 0 Å². The highest BCUT2D eigenvalue weighted by atomic mass is 19.1. The lowest BCUT2D eigenvalue weighted by atomic mass is 10.1. The minimum atomic E-state index is -0.462. The van der Waals surface area contributed by atoms with E-state index in [2.05, 4.69) is 0 Å². The molecule has 0 spiro atoms. The van der Waals surface area contributed by atoms with Crippen molar-refractivity contribution in [1.29, 1.82) is 0 Å². The highest BCUT2D eigenvalue weighted by Gasteiger charge is 2.10. The van der Waals surface area contributed by atoms with Crippen molar-refractivity contribution in [2.24, 2.45) is 0 Å². The van der Waals surface area contributed by atoms with Gasteiger partial charge >= 0.3 is 0 Å². The first-order chi connectivity index (χ1) is 9.15. The maximum atomic E-state index is 14.0. The Balaban J connectivity index is 2.19. The molecule has 19 heavy (non-hydrogen) atoms. The zero-order valence-electron chi connectivity index (χ0n) is 11.1. The van der Waals surface area contributed by atoms with Gasteiger partial charge in [-0.15, -0.1) is 0 Å². The van der Waals surface area contributed by atoms with E-state index in [0.29, 0.717) is 18.5 Å². The Morgan fingerprint density at radius 1 is 1.37 bits per heavy atom. The summed E-state index contributed by atoms with van der Waals surface area (Å²) in [5.74, 6) is -0.0882. The number of benzene rings is 1. The standard InChI is InChI=1S/C15H18FNO2/c1-3-13(18)11-7-8-17(9-11)10-12-5-4-6-14(19-2)15(12)16/h4-9,13,18H,3,10H2,1-2H3. The second-order valence-electron chi connectivity index (χ2n) is 4.47. The van der Waals surface area contributed by atoms with Crippen LogP contribution in [0.4, 0.5) is 4.39 Å². The minimum absolute atomic E-state index is 0.249. The first kappa shape index (κ1) is 13.6. The topological polar surface area (TPSA) is 34.4 Å². The maximum absolute atomic E-state index is 14.0. The Bertz CT molecular complexity index is 551. The van der Waals surface area contributed by atoms with Crippen LogP contribution in [0.3, 0.4) is 0 Å². The van der Waals surface area contributed by atoms with Crippen molar-refractivity contribution in [3.05, 3.63) is 53.6 Å². The van der Waals surface area contributed by atoms with Crippen LogP contribution in [0.1, 0.15) is 30.6 Å². The van der Waals surface area contributed by atoms with Crippen molar-refractivity contribution in [2.45, 2.75) is 26.0 Å². The normalized spacial score (nSPS) is 12.4. The molecule has 0 bridgehead atoms. The molecular formula is C15H18FNO2. The maximum Gasteiger partial charge on any atom is 0.170 e. The summed E-state index contributed by atoms with van der Waals surface area (Å²) in [6, 6.07) is 6.95. The third-order valence-electron chi connectivity index (χ3n) is 3.16. The summed E-state index contributed by atoms with van der Waals surface area (Å²) < 4.78 is 20.8. The molecule has 2 rings (SSSR count). The van der Waals surface area contributed by atoms with E-state index in [-0.39, 0.29) is 11.6 Å². The summed E-state index contributed by atoms with van der Waals surface area (Å²) in [6.07, 6.45) is 3.88. The van der Waals surface area contributed by atoms with Gasteiger partial charge in [0, 0.05) is 18.0 Å². The van der Waals surface area contributed by atoms with Crippen LogP contribution in [0.15, 0.2) is 36.7 Å². The van der Waals surface area contributed by atoms with E-state index in [1.54, 1.807) is 18.2 Å². The molecule has 0 saturated heterocycles. The van der Waals surface area contributed by atoms with Gasteiger partial charge in [-0.25, -0.2) is 4.39 Å². The smallest absolute Gasteiger partial charge is 0.170 e. The molecule has 0 aliphatic carbocycles. The summed E-state index contributed by atoms with van der Waals surface area (Å²) in [4.78, 5) is 0. The molecule has 0 saturated carbocycles. The second-order valence-corrected chi connectivity index (χ2v) is 4.47. The van der Waals surface area contributed by atoms with Crippen molar-refractivity contribution in [2.75, 3.05) is 7.11 Å².